The summed E-state index contributed by atoms with van der Waals surface area (Å²) in [5.41, 5.74) is 3.29. The van der Waals surface area contributed by atoms with E-state index in [-0.39, 0.29) is 11.9 Å². The van der Waals surface area contributed by atoms with Crippen molar-refractivity contribution in [1.29, 1.82) is 0 Å². The molecule has 0 aliphatic carbocycles. The van der Waals surface area contributed by atoms with Crippen LogP contribution in [0.15, 0.2) is 48.5 Å². The Balaban J connectivity index is 2.01. The molecular formula is C18H20ClNO. The molecule has 1 amide bonds. The first-order chi connectivity index (χ1) is 10.1. The van der Waals surface area contributed by atoms with E-state index in [2.05, 4.69) is 43.4 Å². The molecule has 3 heteroatoms. The van der Waals surface area contributed by atoms with Crippen molar-refractivity contribution in [1.82, 2.24) is 5.32 Å². The molecule has 1 N–H and O–H groups in total. The van der Waals surface area contributed by atoms with Gasteiger partial charge in [-0.3, -0.25) is 4.79 Å². The average molecular weight is 302 g/mol. The van der Waals surface area contributed by atoms with Gasteiger partial charge in [0.1, 0.15) is 0 Å². The van der Waals surface area contributed by atoms with Gasteiger partial charge in [0.15, 0.2) is 0 Å². The third-order valence-corrected chi connectivity index (χ3v) is 3.71. The number of hydrogen-bond donors (Lipinski definition) is 1. The second-order valence-electron chi connectivity index (χ2n) is 5.25. The Bertz CT molecular complexity index is 607. The zero-order valence-corrected chi connectivity index (χ0v) is 13.2. The lowest BCUT2D eigenvalue weighted by Crippen LogP contribution is -2.29. The summed E-state index contributed by atoms with van der Waals surface area (Å²) in [4.78, 5) is 12.2. The predicted octanol–water partition coefficient (Wildman–Crippen LogP) is 4.46. The topological polar surface area (TPSA) is 29.1 Å². The maximum absolute atomic E-state index is 12.2. The van der Waals surface area contributed by atoms with Gasteiger partial charge in [-0.05, 0) is 36.6 Å². The van der Waals surface area contributed by atoms with E-state index in [1.54, 1.807) is 0 Å². The number of nitrogens with one attached hydrogen (secondary N) is 1. The second-order valence-corrected chi connectivity index (χ2v) is 5.68. The van der Waals surface area contributed by atoms with Gasteiger partial charge in [-0.2, -0.15) is 0 Å². The summed E-state index contributed by atoms with van der Waals surface area (Å²) in [6, 6.07) is 15.8. The van der Waals surface area contributed by atoms with Gasteiger partial charge >= 0.3 is 0 Å². The summed E-state index contributed by atoms with van der Waals surface area (Å²) < 4.78 is 0. The van der Waals surface area contributed by atoms with Crippen molar-refractivity contribution in [2.75, 3.05) is 0 Å². The summed E-state index contributed by atoms with van der Waals surface area (Å²) in [5.74, 6) is 0.0182. The highest BCUT2D eigenvalue weighted by molar-refractivity contribution is 6.30. The van der Waals surface area contributed by atoms with Crippen LogP contribution in [0, 0.1) is 6.92 Å². The maximum atomic E-state index is 12.2. The molecule has 2 aromatic rings. The smallest absolute Gasteiger partial charge is 0.224 e. The Morgan fingerprint density at radius 2 is 1.90 bits per heavy atom. The van der Waals surface area contributed by atoms with Crippen molar-refractivity contribution in [3.63, 3.8) is 0 Å². The Labute approximate surface area is 131 Å². The van der Waals surface area contributed by atoms with Gasteiger partial charge in [-0.1, -0.05) is 60.5 Å². The van der Waals surface area contributed by atoms with Crippen LogP contribution in [0.25, 0.3) is 0 Å². The Kier molecular flexibility index (Phi) is 5.40. The van der Waals surface area contributed by atoms with Crippen molar-refractivity contribution in [3.8, 4) is 0 Å². The molecule has 110 valence electrons. The van der Waals surface area contributed by atoms with Gasteiger partial charge in [-0.15, -0.1) is 0 Å². The van der Waals surface area contributed by atoms with E-state index in [4.69, 9.17) is 11.6 Å². The number of benzene rings is 2. The van der Waals surface area contributed by atoms with Crippen LogP contribution < -0.4 is 5.32 Å². The quantitative estimate of drug-likeness (QED) is 0.868. The first kappa shape index (κ1) is 15.6. The lowest BCUT2D eigenvalue weighted by molar-refractivity contribution is -0.121. The zero-order chi connectivity index (χ0) is 15.2. The van der Waals surface area contributed by atoms with Crippen LogP contribution in [0.3, 0.4) is 0 Å². The highest BCUT2D eigenvalue weighted by atomic mass is 35.5. The SMILES string of the molecule is CCC(NC(=O)Cc1cccc(Cl)c1)c1ccc(C)cc1. The lowest BCUT2D eigenvalue weighted by Gasteiger charge is -2.18. The van der Waals surface area contributed by atoms with Crippen LogP contribution >= 0.6 is 11.6 Å². The van der Waals surface area contributed by atoms with Crippen LogP contribution in [0.2, 0.25) is 5.02 Å². The molecule has 1 unspecified atom stereocenters. The van der Waals surface area contributed by atoms with Crippen molar-refractivity contribution in [3.05, 3.63) is 70.2 Å². The molecule has 0 bridgehead atoms. The number of rotatable bonds is 5. The number of halogens is 1. The van der Waals surface area contributed by atoms with Gasteiger partial charge < -0.3 is 5.32 Å². The van der Waals surface area contributed by atoms with E-state index >= 15 is 0 Å². The van der Waals surface area contributed by atoms with Gasteiger partial charge in [0.05, 0.1) is 12.5 Å². The molecule has 2 nitrogen and oxygen atoms in total. The summed E-state index contributed by atoms with van der Waals surface area (Å²) in [6.07, 6.45) is 1.22. The van der Waals surface area contributed by atoms with Crippen molar-refractivity contribution in [2.24, 2.45) is 0 Å². The van der Waals surface area contributed by atoms with E-state index in [0.717, 1.165) is 17.5 Å². The van der Waals surface area contributed by atoms with Crippen LogP contribution in [-0.4, -0.2) is 5.91 Å². The van der Waals surface area contributed by atoms with Gasteiger partial charge in [0.2, 0.25) is 5.91 Å². The van der Waals surface area contributed by atoms with E-state index in [1.807, 2.05) is 24.3 Å². The summed E-state index contributed by atoms with van der Waals surface area (Å²) in [5, 5.41) is 3.75. The third-order valence-electron chi connectivity index (χ3n) is 3.48. The van der Waals surface area contributed by atoms with Crippen LogP contribution in [-0.2, 0) is 11.2 Å². The molecule has 0 heterocycles. The van der Waals surface area contributed by atoms with E-state index in [1.165, 1.54) is 5.56 Å². The average Bonchev–Trinajstić information content (AvgIpc) is 2.46. The van der Waals surface area contributed by atoms with E-state index in [9.17, 15) is 4.79 Å². The molecule has 0 aliphatic rings. The molecule has 1 atom stereocenters. The van der Waals surface area contributed by atoms with Gasteiger partial charge in [0, 0.05) is 5.02 Å². The van der Waals surface area contributed by atoms with E-state index < -0.39 is 0 Å². The Hall–Kier alpha value is -1.80. The van der Waals surface area contributed by atoms with Crippen molar-refractivity contribution in [2.45, 2.75) is 32.7 Å². The monoisotopic (exact) mass is 301 g/mol. The Morgan fingerprint density at radius 1 is 1.19 bits per heavy atom. The fourth-order valence-corrected chi connectivity index (χ4v) is 2.51. The van der Waals surface area contributed by atoms with E-state index in [0.29, 0.717) is 11.4 Å². The van der Waals surface area contributed by atoms with Crippen molar-refractivity contribution >= 4 is 17.5 Å². The fourth-order valence-electron chi connectivity index (χ4n) is 2.30. The minimum Gasteiger partial charge on any atom is -0.349 e. The predicted molar refractivity (Wildman–Crippen MR) is 87.5 cm³/mol. The molecule has 0 saturated heterocycles. The molecule has 2 rings (SSSR count). The molecule has 0 aromatic heterocycles. The zero-order valence-electron chi connectivity index (χ0n) is 12.4. The van der Waals surface area contributed by atoms with Gasteiger partial charge in [0.25, 0.3) is 0 Å². The molecule has 0 radical (unpaired) electrons. The van der Waals surface area contributed by atoms with Gasteiger partial charge in [-0.25, -0.2) is 0 Å². The molecule has 2 aromatic carbocycles. The normalized spacial score (nSPS) is 12.0. The summed E-state index contributed by atoms with van der Waals surface area (Å²) in [6.45, 7) is 4.13. The fraction of sp³-hybridized carbons (Fsp3) is 0.278. The van der Waals surface area contributed by atoms with Crippen molar-refractivity contribution < 1.29 is 4.79 Å². The largest absolute Gasteiger partial charge is 0.349 e. The Morgan fingerprint density at radius 3 is 2.52 bits per heavy atom. The van der Waals surface area contributed by atoms with Crippen LogP contribution in [0.4, 0.5) is 0 Å². The first-order valence-electron chi connectivity index (χ1n) is 7.19. The minimum atomic E-state index is 0.0182. The standard InChI is InChI=1S/C18H20ClNO/c1-3-17(15-9-7-13(2)8-10-15)20-18(21)12-14-5-4-6-16(19)11-14/h4-11,17H,3,12H2,1-2H3,(H,20,21). The number of carbonyl (C=O) groups excluding carboxylic acids is 1. The first-order valence-corrected chi connectivity index (χ1v) is 7.56. The lowest BCUT2D eigenvalue weighted by atomic mass is 10.0. The molecule has 0 fully saturated rings. The summed E-state index contributed by atoms with van der Waals surface area (Å²) >= 11 is 5.94. The highest BCUT2D eigenvalue weighted by Crippen LogP contribution is 2.18. The van der Waals surface area contributed by atoms with Crippen LogP contribution in [0.5, 0.6) is 0 Å². The molecule has 0 spiro atoms. The summed E-state index contributed by atoms with van der Waals surface area (Å²) in [7, 11) is 0. The minimum absolute atomic E-state index is 0.0182. The molecule has 0 aliphatic heterocycles. The maximum Gasteiger partial charge on any atom is 0.224 e. The molecular weight excluding hydrogens is 282 g/mol. The number of hydrogen-bond acceptors (Lipinski definition) is 1. The van der Waals surface area contributed by atoms with Crippen LogP contribution in [0.1, 0.15) is 36.1 Å². The number of amides is 1. The highest BCUT2D eigenvalue weighted by Gasteiger charge is 2.13. The number of aryl methyl sites for hydroxylation is 1. The molecule has 21 heavy (non-hydrogen) atoms. The number of carbonyl (C=O) groups is 1. The molecule has 0 saturated carbocycles. The second kappa shape index (κ2) is 7.28. The third kappa shape index (κ3) is 4.61.